The van der Waals surface area contributed by atoms with Crippen LogP contribution in [0.15, 0.2) is 128 Å². The second-order valence-electron chi connectivity index (χ2n) is 28.6. The van der Waals surface area contributed by atoms with Crippen molar-refractivity contribution in [1.29, 1.82) is 0 Å². The van der Waals surface area contributed by atoms with Gasteiger partial charge in [0.25, 0.3) is 0 Å². The minimum atomic E-state index is -1.91. The summed E-state index contributed by atoms with van der Waals surface area (Å²) in [7, 11) is 0. The second kappa shape index (κ2) is 35.2. The maximum absolute atomic E-state index is 15.1. The SMILES string of the molecule is CC1O[C@@H](OC2C(n3cc(-c4ccccc4)nn3)CC(C(=O)NCCNC(=O)C3CC(n4cc(-c5cccc(F)c5)nn4)C(O)[C@H](O[C@@H]4OC(CO)[C@H](O)C(n5cc(-c6cccc(F)c6)nn5)C4O)C3)C[C@H]2O[C@@H]2OC(CO)[C@H](O)C(O[C@@H](CC3CCCCC3)C(=O)O)C2OC(=O)c2ccccc2)C(O)C(O)[C@@H]1O. The van der Waals surface area contributed by atoms with Gasteiger partial charge in [-0.15, -0.1) is 15.3 Å². The molecule has 3 saturated heterocycles. The molecular formula is C74H89F2N11O22. The largest absolute Gasteiger partial charge is 0.479 e. The number of carboxylic acids is 1. The lowest BCUT2D eigenvalue weighted by Gasteiger charge is -2.48. The van der Waals surface area contributed by atoms with Gasteiger partial charge in [-0.05, 0) is 81.3 Å². The molecule has 7 aromatic rings. The van der Waals surface area contributed by atoms with Crippen molar-refractivity contribution in [2.75, 3.05) is 26.3 Å². The number of ether oxygens (including phenoxy) is 8. The molecule has 586 valence electrons. The van der Waals surface area contributed by atoms with Gasteiger partial charge in [0.1, 0.15) is 102 Å². The van der Waals surface area contributed by atoms with Crippen LogP contribution in [0.4, 0.5) is 8.78 Å². The van der Waals surface area contributed by atoms with Crippen LogP contribution in [0.1, 0.15) is 99.6 Å². The third-order valence-corrected chi connectivity index (χ3v) is 21.4. The van der Waals surface area contributed by atoms with E-state index in [1.54, 1.807) is 66.9 Å². The first kappa shape index (κ1) is 78.5. The summed E-state index contributed by atoms with van der Waals surface area (Å²) >= 11 is 0. The molecule has 109 heavy (non-hydrogen) atoms. The van der Waals surface area contributed by atoms with E-state index in [0.717, 1.165) is 23.9 Å². The summed E-state index contributed by atoms with van der Waals surface area (Å²) < 4.78 is 83.6. The predicted molar refractivity (Wildman–Crippen MR) is 370 cm³/mol. The Hall–Kier alpha value is -8.60. The zero-order chi connectivity index (χ0) is 76.7. The molecule has 4 aromatic carbocycles. The van der Waals surface area contributed by atoms with Crippen LogP contribution in [0.5, 0.6) is 0 Å². The lowest BCUT2D eigenvalue weighted by molar-refractivity contribution is -0.348. The number of esters is 1. The topological polar surface area (TPSA) is 461 Å². The van der Waals surface area contributed by atoms with E-state index in [4.69, 9.17) is 37.9 Å². The molecular weight excluding hydrogens is 1430 g/mol. The zero-order valence-electron chi connectivity index (χ0n) is 59.1. The average Bonchev–Trinajstić information content (AvgIpc) is 1.71. The van der Waals surface area contributed by atoms with E-state index in [-0.39, 0.29) is 68.1 Å². The first-order valence-electron chi connectivity index (χ1n) is 36.5. The fourth-order valence-corrected chi connectivity index (χ4v) is 15.5. The van der Waals surface area contributed by atoms with E-state index < -0.39 is 195 Å². The van der Waals surface area contributed by atoms with E-state index in [9.17, 15) is 74.2 Å². The Morgan fingerprint density at radius 2 is 1.06 bits per heavy atom. The number of amides is 2. The molecule has 24 atom stereocenters. The van der Waals surface area contributed by atoms with Crippen LogP contribution in [-0.2, 0) is 52.3 Å². The lowest BCUT2D eigenvalue weighted by atomic mass is 9.80. The number of benzene rings is 4. The highest BCUT2D eigenvalue weighted by Gasteiger charge is 2.56. The second-order valence-corrected chi connectivity index (χ2v) is 28.6. The number of aliphatic hydroxyl groups is 9. The van der Waals surface area contributed by atoms with Crippen LogP contribution in [0.25, 0.3) is 33.8 Å². The first-order chi connectivity index (χ1) is 52.6. The monoisotopic (exact) mass is 1520 g/mol. The lowest BCUT2D eigenvalue weighted by Crippen LogP contribution is -2.64. The molecule has 0 radical (unpaired) electrons. The van der Waals surface area contributed by atoms with E-state index in [0.29, 0.717) is 35.2 Å². The number of aliphatic carboxylic acids is 1. The number of carbonyl (C=O) groups excluding carboxylic acids is 3. The van der Waals surface area contributed by atoms with Crippen LogP contribution in [0.2, 0.25) is 0 Å². The fourth-order valence-electron chi connectivity index (χ4n) is 15.5. The quantitative estimate of drug-likeness (QED) is 0.0271. The molecule has 6 fully saturated rings. The molecule has 3 aliphatic heterocycles. The van der Waals surface area contributed by atoms with E-state index in [1.165, 1.54) is 77.2 Å². The van der Waals surface area contributed by atoms with E-state index >= 15 is 4.79 Å². The van der Waals surface area contributed by atoms with Gasteiger partial charge in [0.2, 0.25) is 11.8 Å². The molecule has 6 heterocycles. The molecule has 3 aromatic heterocycles. The van der Waals surface area contributed by atoms with Gasteiger partial charge in [-0.1, -0.05) is 121 Å². The number of hydrogen-bond acceptors (Lipinski definition) is 27. The van der Waals surface area contributed by atoms with Crippen molar-refractivity contribution in [2.24, 2.45) is 17.8 Å². The van der Waals surface area contributed by atoms with Gasteiger partial charge in [0.05, 0.1) is 67.8 Å². The number of aliphatic hydroxyl groups excluding tert-OH is 9. The summed E-state index contributed by atoms with van der Waals surface area (Å²) in [6.45, 7) is -0.714. The maximum atomic E-state index is 15.1. The van der Waals surface area contributed by atoms with Crippen molar-refractivity contribution in [2.45, 2.75) is 206 Å². The van der Waals surface area contributed by atoms with Gasteiger partial charge in [0.15, 0.2) is 31.1 Å². The minimum absolute atomic E-state index is 0.0196. The van der Waals surface area contributed by atoms with E-state index in [1.807, 2.05) is 0 Å². The fraction of sp³-hybridized carbons (Fsp3) is 0.541. The highest BCUT2D eigenvalue weighted by molar-refractivity contribution is 5.89. The first-order valence-corrected chi connectivity index (χ1v) is 36.5. The number of nitrogens with zero attached hydrogens (tertiary/aromatic N) is 9. The molecule has 0 spiro atoms. The van der Waals surface area contributed by atoms with Crippen molar-refractivity contribution in [3.63, 3.8) is 0 Å². The third kappa shape index (κ3) is 17.9. The molecule has 3 aliphatic carbocycles. The Kier molecular flexibility index (Phi) is 25.3. The highest BCUT2D eigenvalue weighted by Crippen LogP contribution is 2.44. The van der Waals surface area contributed by atoms with Crippen molar-refractivity contribution in [3.8, 4) is 33.8 Å². The summed E-state index contributed by atoms with van der Waals surface area (Å²) in [5.41, 5.74) is 2.07. The number of rotatable bonds is 26. The normalized spacial score (nSPS) is 32.7. The Bertz CT molecular complexity index is 4180. The van der Waals surface area contributed by atoms with Crippen molar-refractivity contribution < 1.29 is 117 Å². The molecule has 0 bridgehead atoms. The smallest absolute Gasteiger partial charge is 0.338 e. The van der Waals surface area contributed by atoms with Gasteiger partial charge in [-0.25, -0.2) is 32.4 Å². The summed E-state index contributed by atoms with van der Waals surface area (Å²) in [6.07, 6.45) is -23.5. The van der Waals surface area contributed by atoms with Crippen LogP contribution in [-0.4, -0.2) is 263 Å². The summed E-state index contributed by atoms with van der Waals surface area (Å²) in [5, 5.41) is 145. The van der Waals surface area contributed by atoms with Crippen LogP contribution in [0, 0.1) is 29.4 Å². The number of carboxylic acid groups (broad SMARTS) is 1. The summed E-state index contributed by atoms with van der Waals surface area (Å²) in [5.74, 6) is -6.98. The molecule has 12 N–H and O–H groups in total. The van der Waals surface area contributed by atoms with Crippen molar-refractivity contribution in [1.82, 2.24) is 55.6 Å². The van der Waals surface area contributed by atoms with Gasteiger partial charge in [-0.3, -0.25) is 9.59 Å². The Labute approximate surface area is 622 Å². The number of aromatic nitrogens is 9. The van der Waals surface area contributed by atoms with Gasteiger partial charge < -0.3 is 99.6 Å². The molecule has 33 nitrogen and oxygen atoms in total. The van der Waals surface area contributed by atoms with Crippen molar-refractivity contribution in [3.05, 3.63) is 145 Å². The number of carbonyl (C=O) groups is 4. The standard InChI is InChI=1S/C74H89F2N11O22/c1-37-58(90)63(95)64(96)73(102-37)109-65-51(86-32-47(79-83-86)39-15-7-3-8-16-39)29-44(31-53(65)105-74-67(108-71(101)40-17-9-4-10-18-40)66(61(93)56(36-89)107-74)103-54(70(99)100)25-38-13-5-2-6-14-38)69(98)78-24-23-77-68(97)43-28-50(85-33-48(80-82-85)41-19-11-21-45(75)26-41)59(91)52(30-43)104-72-62(94)57(60(92)55(35-88)106-72)87-34-49(81-84-87)42-20-12-22-46(76)27-42/h3-4,7-12,15-22,26-27,32-34,37-38,43-44,50-67,72-74,88-96H,2,5-6,13-14,23-25,28-31,35-36H2,1H3,(H,77,97)(H,78,98)(H,99,100)/t37?,43?,44?,50?,51?,52-,53-,54+,55?,56?,57?,58-,59?,60+,61+,62?,63?,64?,65?,66?,67?,72-,73+,74-/m1/s1. The molecule has 2 amide bonds. The highest BCUT2D eigenvalue weighted by atomic mass is 19.1. The number of nitrogens with one attached hydrogen (secondary N) is 2. The Morgan fingerprint density at radius 1 is 0.532 bits per heavy atom. The van der Waals surface area contributed by atoms with Crippen LogP contribution >= 0.6 is 0 Å². The Morgan fingerprint density at radius 3 is 1.66 bits per heavy atom. The molecule has 15 unspecified atom stereocenters. The van der Waals surface area contributed by atoms with Crippen molar-refractivity contribution >= 4 is 23.8 Å². The van der Waals surface area contributed by atoms with Crippen LogP contribution < -0.4 is 10.6 Å². The summed E-state index contributed by atoms with van der Waals surface area (Å²) in [4.78, 5) is 57.4. The number of halogens is 2. The third-order valence-electron chi connectivity index (χ3n) is 21.4. The molecule has 3 saturated carbocycles. The molecule has 13 rings (SSSR count). The molecule has 6 aliphatic rings. The van der Waals surface area contributed by atoms with Gasteiger partial charge >= 0.3 is 11.9 Å². The van der Waals surface area contributed by atoms with Gasteiger partial charge in [0, 0.05) is 41.6 Å². The van der Waals surface area contributed by atoms with Gasteiger partial charge in [-0.2, -0.15) is 0 Å². The average molecular weight is 1520 g/mol. The molecule has 35 heteroatoms. The summed E-state index contributed by atoms with van der Waals surface area (Å²) in [6, 6.07) is 24.0. The minimum Gasteiger partial charge on any atom is -0.479 e. The predicted octanol–water partition coefficient (Wildman–Crippen LogP) is 1.71. The maximum Gasteiger partial charge on any atom is 0.338 e. The Balaban J connectivity index is 0.778. The van der Waals surface area contributed by atoms with Crippen LogP contribution in [0.3, 0.4) is 0 Å². The van der Waals surface area contributed by atoms with E-state index in [2.05, 4.69) is 41.6 Å². The zero-order valence-corrected chi connectivity index (χ0v) is 59.1. The number of hydrogen-bond donors (Lipinski definition) is 12.